The van der Waals surface area contributed by atoms with Gasteiger partial charge < -0.3 is 15.5 Å². The van der Waals surface area contributed by atoms with Gasteiger partial charge in [0, 0.05) is 37.8 Å². The van der Waals surface area contributed by atoms with E-state index in [0.717, 1.165) is 43.0 Å². The van der Waals surface area contributed by atoms with Gasteiger partial charge in [0.25, 0.3) is 17.7 Å². The third-order valence-electron chi connectivity index (χ3n) is 6.74. The van der Waals surface area contributed by atoms with E-state index in [9.17, 15) is 14.4 Å². The van der Waals surface area contributed by atoms with Crippen molar-refractivity contribution in [1.29, 1.82) is 0 Å². The Balaban J connectivity index is 1.23. The van der Waals surface area contributed by atoms with E-state index in [2.05, 4.69) is 33.2 Å². The molecule has 8 heteroatoms. The molecular weight excluding hydrogens is 609 g/mol. The second-order valence-corrected chi connectivity index (χ2v) is 11.7. The zero-order valence-electron chi connectivity index (χ0n) is 20.4. The number of anilines is 2. The van der Waals surface area contributed by atoms with Gasteiger partial charge in [0.2, 0.25) is 0 Å². The van der Waals surface area contributed by atoms with Crippen molar-refractivity contribution in [2.45, 2.75) is 25.3 Å². The fourth-order valence-electron chi connectivity index (χ4n) is 4.60. The first kappa shape index (κ1) is 24.8. The number of nitrogens with one attached hydrogen (secondary N) is 2. The lowest BCUT2D eigenvalue weighted by atomic mass is 10.1. The Kier molecular flexibility index (Phi) is 6.75. The van der Waals surface area contributed by atoms with Gasteiger partial charge in [-0.05, 0) is 95.9 Å². The Morgan fingerprint density at radius 3 is 2.39 bits per heavy atom. The number of hydrogen-bond acceptors (Lipinski definition) is 4. The van der Waals surface area contributed by atoms with Crippen LogP contribution >= 0.6 is 33.9 Å². The maximum absolute atomic E-state index is 13.7. The summed E-state index contributed by atoms with van der Waals surface area (Å²) in [5.74, 6) is -0.299. The molecule has 0 atom stereocenters. The van der Waals surface area contributed by atoms with Gasteiger partial charge in [0.05, 0.1) is 16.1 Å². The van der Waals surface area contributed by atoms with Crippen molar-refractivity contribution >= 4 is 63.0 Å². The zero-order valence-corrected chi connectivity index (χ0v) is 23.3. The third-order valence-corrected chi connectivity index (χ3v) is 8.89. The molecule has 2 aliphatic rings. The number of fused-ring (bicyclic) bond motifs is 3. The summed E-state index contributed by atoms with van der Waals surface area (Å²) in [6.07, 6.45) is 2.76. The predicted octanol–water partition coefficient (Wildman–Crippen LogP) is 6.37. The quantitative estimate of drug-likeness (QED) is 0.251. The standard InChI is InChI=1S/C30H24IN3O3S/c31-24-7-3-1-5-22(24)28(35)32-20-11-9-18(10-12-20)30(37)34-16-15-19-17-26(29(36)33-21-13-14-21)38-27(19)23-6-2-4-8-25(23)34/h1-12,17,21H,13-16H2,(H,32,35)(H,33,36). The van der Waals surface area contributed by atoms with E-state index < -0.39 is 0 Å². The summed E-state index contributed by atoms with van der Waals surface area (Å²) in [4.78, 5) is 42.6. The van der Waals surface area contributed by atoms with Crippen molar-refractivity contribution < 1.29 is 14.4 Å². The first-order chi connectivity index (χ1) is 18.5. The van der Waals surface area contributed by atoms with Gasteiger partial charge in [0.1, 0.15) is 0 Å². The molecule has 0 radical (unpaired) electrons. The molecule has 3 aromatic carbocycles. The first-order valence-corrected chi connectivity index (χ1v) is 14.4. The molecule has 38 heavy (non-hydrogen) atoms. The molecule has 6 rings (SSSR count). The maximum atomic E-state index is 13.7. The predicted molar refractivity (Wildman–Crippen MR) is 159 cm³/mol. The number of thiophene rings is 1. The molecule has 0 saturated heterocycles. The first-order valence-electron chi connectivity index (χ1n) is 12.5. The maximum Gasteiger partial charge on any atom is 0.261 e. The number of carbonyl (C=O) groups is 3. The van der Waals surface area contributed by atoms with E-state index in [1.807, 2.05) is 53.4 Å². The highest BCUT2D eigenvalue weighted by molar-refractivity contribution is 14.1. The van der Waals surface area contributed by atoms with E-state index in [4.69, 9.17) is 0 Å². The Morgan fingerprint density at radius 1 is 0.895 bits per heavy atom. The summed E-state index contributed by atoms with van der Waals surface area (Å²) in [6, 6.07) is 24.6. The average Bonchev–Trinajstić information content (AvgIpc) is 3.67. The van der Waals surface area contributed by atoms with Gasteiger partial charge in [-0.25, -0.2) is 0 Å². The molecule has 6 nitrogen and oxygen atoms in total. The molecule has 1 aliphatic heterocycles. The number of amides is 3. The Bertz CT molecular complexity index is 1560. The zero-order chi connectivity index (χ0) is 26.2. The van der Waals surface area contributed by atoms with Crippen LogP contribution < -0.4 is 15.5 Å². The second-order valence-electron chi connectivity index (χ2n) is 9.45. The fraction of sp³-hybridized carbons (Fsp3) is 0.167. The SMILES string of the molecule is O=C(NC1CC1)c1cc2c(s1)-c1ccccc1N(C(=O)c1ccc(NC(=O)c3ccccc3I)cc1)CC2. The molecule has 0 bridgehead atoms. The molecule has 2 N–H and O–H groups in total. The molecule has 0 unspecified atom stereocenters. The van der Waals surface area contributed by atoms with Gasteiger partial charge in [-0.1, -0.05) is 30.3 Å². The van der Waals surface area contributed by atoms with Crippen LogP contribution in [0.25, 0.3) is 10.4 Å². The number of carbonyl (C=O) groups excluding carboxylic acids is 3. The van der Waals surface area contributed by atoms with E-state index in [1.54, 1.807) is 30.3 Å². The number of rotatable bonds is 5. The highest BCUT2D eigenvalue weighted by Gasteiger charge is 2.29. The van der Waals surface area contributed by atoms with Gasteiger partial charge in [-0.3, -0.25) is 14.4 Å². The molecule has 190 valence electrons. The van der Waals surface area contributed by atoms with Crippen molar-refractivity contribution in [3.63, 3.8) is 0 Å². The van der Waals surface area contributed by atoms with Gasteiger partial charge in [0.15, 0.2) is 0 Å². The van der Waals surface area contributed by atoms with Crippen molar-refractivity contribution in [2.24, 2.45) is 0 Å². The van der Waals surface area contributed by atoms with E-state index >= 15 is 0 Å². The summed E-state index contributed by atoms with van der Waals surface area (Å²) in [7, 11) is 0. The monoisotopic (exact) mass is 633 g/mol. The topological polar surface area (TPSA) is 78.5 Å². The molecule has 3 amide bonds. The smallest absolute Gasteiger partial charge is 0.261 e. The summed E-state index contributed by atoms with van der Waals surface area (Å²) in [5.41, 5.74) is 4.67. The van der Waals surface area contributed by atoms with E-state index in [1.165, 1.54) is 11.3 Å². The van der Waals surface area contributed by atoms with Crippen LogP contribution in [0.5, 0.6) is 0 Å². The minimum absolute atomic E-state index is 0.00913. The lowest BCUT2D eigenvalue weighted by Crippen LogP contribution is -2.32. The van der Waals surface area contributed by atoms with Crippen molar-refractivity contribution in [2.75, 3.05) is 16.8 Å². The van der Waals surface area contributed by atoms with Crippen LogP contribution in [-0.4, -0.2) is 30.3 Å². The molecule has 4 aromatic rings. The van der Waals surface area contributed by atoms with Crippen molar-refractivity contribution in [3.8, 4) is 10.4 Å². The fourth-order valence-corrected chi connectivity index (χ4v) is 6.38. The molecule has 1 fully saturated rings. The lowest BCUT2D eigenvalue weighted by Gasteiger charge is -2.23. The highest BCUT2D eigenvalue weighted by Crippen LogP contribution is 2.42. The van der Waals surface area contributed by atoms with Crippen LogP contribution in [0.15, 0.2) is 78.9 Å². The molecule has 1 aromatic heterocycles. The average molecular weight is 634 g/mol. The minimum atomic E-state index is -0.188. The van der Waals surface area contributed by atoms with Crippen LogP contribution in [0, 0.1) is 3.57 Å². The van der Waals surface area contributed by atoms with E-state index in [0.29, 0.717) is 35.8 Å². The number of benzene rings is 3. The Morgan fingerprint density at radius 2 is 1.63 bits per heavy atom. The van der Waals surface area contributed by atoms with Crippen LogP contribution in [0.2, 0.25) is 0 Å². The van der Waals surface area contributed by atoms with Gasteiger partial charge >= 0.3 is 0 Å². The minimum Gasteiger partial charge on any atom is -0.349 e. The van der Waals surface area contributed by atoms with Crippen molar-refractivity contribution in [3.05, 3.63) is 104 Å². The highest BCUT2D eigenvalue weighted by atomic mass is 127. The molecule has 2 heterocycles. The largest absolute Gasteiger partial charge is 0.349 e. The van der Waals surface area contributed by atoms with Gasteiger partial charge in [-0.2, -0.15) is 0 Å². The molecule has 1 saturated carbocycles. The number of halogens is 1. The van der Waals surface area contributed by atoms with Crippen LogP contribution in [0.3, 0.4) is 0 Å². The molecular formula is C30H24IN3O3S. The summed E-state index contributed by atoms with van der Waals surface area (Å²) >= 11 is 3.64. The van der Waals surface area contributed by atoms with Crippen LogP contribution in [-0.2, 0) is 6.42 Å². The van der Waals surface area contributed by atoms with Gasteiger partial charge in [-0.15, -0.1) is 11.3 Å². The Hall–Kier alpha value is -3.50. The van der Waals surface area contributed by atoms with Crippen molar-refractivity contribution in [1.82, 2.24) is 5.32 Å². The molecule has 0 spiro atoms. The Labute approximate surface area is 238 Å². The lowest BCUT2D eigenvalue weighted by molar-refractivity contribution is 0.0952. The summed E-state index contributed by atoms with van der Waals surface area (Å²) in [5, 5.41) is 5.98. The number of para-hydroxylation sites is 1. The summed E-state index contributed by atoms with van der Waals surface area (Å²) in [6.45, 7) is 0.508. The second kappa shape index (κ2) is 10.3. The van der Waals surface area contributed by atoms with Crippen LogP contribution in [0.4, 0.5) is 11.4 Å². The van der Waals surface area contributed by atoms with E-state index in [-0.39, 0.29) is 17.7 Å². The number of nitrogens with zero attached hydrogens (tertiary/aromatic N) is 1. The van der Waals surface area contributed by atoms with Crippen LogP contribution in [0.1, 0.15) is 48.8 Å². The number of hydrogen-bond donors (Lipinski definition) is 2. The normalized spacial score (nSPS) is 14.2. The summed E-state index contributed by atoms with van der Waals surface area (Å²) < 4.78 is 0.874. The molecule has 1 aliphatic carbocycles. The third kappa shape index (κ3) is 4.98.